The van der Waals surface area contributed by atoms with Gasteiger partial charge < -0.3 is 4.74 Å². The first kappa shape index (κ1) is 25.6. The summed E-state index contributed by atoms with van der Waals surface area (Å²) in [6.07, 6.45) is 0.862. The van der Waals surface area contributed by atoms with Crippen LogP contribution in [0.1, 0.15) is 36.8 Å². The Morgan fingerprint density at radius 3 is 2.64 bits per heavy atom. The maximum absolute atomic E-state index is 14.1. The van der Waals surface area contributed by atoms with Crippen molar-refractivity contribution in [1.29, 1.82) is 0 Å². The number of hydrogen-bond donors (Lipinski definition) is 0. The Balaban J connectivity index is 1.61. The third-order valence-corrected chi connectivity index (χ3v) is 9.07. The summed E-state index contributed by atoms with van der Waals surface area (Å²) in [5, 5.41) is 2.59. The standard InChI is InChI=1S/C27H27Cl2N3O2S2/c1-4-34-20-9-7-19(8-10-20)32-26(33)24-21-11-12-31(16(2)3)14-23(21)36-25(24)30-27(32)35-15-17-5-6-18(28)13-22(17)29/h5-10,13,16H,4,11-12,14-15H2,1-3H3. The van der Waals surface area contributed by atoms with Gasteiger partial charge in [0.15, 0.2) is 5.16 Å². The number of halogens is 2. The van der Waals surface area contributed by atoms with Gasteiger partial charge in [-0.05, 0) is 74.7 Å². The minimum Gasteiger partial charge on any atom is -0.494 e. The Kier molecular flexibility index (Phi) is 7.65. The van der Waals surface area contributed by atoms with E-state index in [1.807, 2.05) is 43.3 Å². The topological polar surface area (TPSA) is 47.4 Å². The Morgan fingerprint density at radius 1 is 1.17 bits per heavy atom. The van der Waals surface area contributed by atoms with Crippen LogP contribution >= 0.6 is 46.3 Å². The predicted octanol–water partition coefficient (Wildman–Crippen LogP) is 7.21. The number of aromatic nitrogens is 2. The van der Waals surface area contributed by atoms with Gasteiger partial charge in [-0.15, -0.1) is 11.3 Å². The number of hydrogen-bond acceptors (Lipinski definition) is 6. The molecule has 0 aliphatic carbocycles. The summed E-state index contributed by atoms with van der Waals surface area (Å²) < 4.78 is 7.34. The van der Waals surface area contributed by atoms with Gasteiger partial charge in [-0.25, -0.2) is 4.98 Å². The van der Waals surface area contributed by atoms with Crippen molar-refractivity contribution < 1.29 is 4.74 Å². The molecule has 0 spiro atoms. The highest BCUT2D eigenvalue weighted by Gasteiger charge is 2.26. The van der Waals surface area contributed by atoms with E-state index in [4.69, 9.17) is 32.9 Å². The number of thiophene rings is 1. The first-order valence-electron chi connectivity index (χ1n) is 12.0. The summed E-state index contributed by atoms with van der Waals surface area (Å²) >= 11 is 15.7. The second-order valence-corrected chi connectivity index (χ2v) is 11.9. The highest BCUT2D eigenvalue weighted by atomic mass is 35.5. The Hall–Kier alpha value is -2.03. The van der Waals surface area contributed by atoms with Crippen LogP contribution in [0.4, 0.5) is 0 Å². The number of benzene rings is 2. The van der Waals surface area contributed by atoms with Crippen molar-refractivity contribution in [3.63, 3.8) is 0 Å². The number of ether oxygens (including phenoxy) is 1. The van der Waals surface area contributed by atoms with Crippen molar-refractivity contribution in [3.05, 3.63) is 78.9 Å². The van der Waals surface area contributed by atoms with Crippen molar-refractivity contribution in [1.82, 2.24) is 14.5 Å². The third kappa shape index (κ3) is 5.04. The fourth-order valence-electron chi connectivity index (χ4n) is 4.45. The molecule has 3 heterocycles. The minimum atomic E-state index is -0.0237. The first-order valence-corrected chi connectivity index (χ1v) is 14.5. The van der Waals surface area contributed by atoms with Gasteiger partial charge in [0.05, 0.1) is 17.7 Å². The van der Waals surface area contributed by atoms with Gasteiger partial charge in [-0.1, -0.05) is 41.0 Å². The summed E-state index contributed by atoms with van der Waals surface area (Å²) in [6, 6.07) is 13.6. The fourth-order valence-corrected chi connectivity index (χ4v) is 7.31. The van der Waals surface area contributed by atoms with Crippen LogP contribution in [0.2, 0.25) is 10.0 Å². The van der Waals surface area contributed by atoms with Crippen LogP contribution < -0.4 is 10.3 Å². The molecular weight excluding hydrogens is 533 g/mol. The highest BCUT2D eigenvalue weighted by molar-refractivity contribution is 7.98. The lowest BCUT2D eigenvalue weighted by Crippen LogP contribution is -2.35. The van der Waals surface area contributed by atoms with Crippen molar-refractivity contribution in [3.8, 4) is 11.4 Å². The van der Waals surface area contributed by atoms with E-state index in [1.54, 1.807) is 22.0 Å². The van der Waals surface area contributed by atoms with Gasteiger partial charge in [0.1, 0.15) is 10.6 Å². The van der Waals surface area contributed by atoms with Gasteiger partial charge in [0.2, 0.25) is 0 Å². The minimum absolute atomic E-state index is 0.0237. The summed E-state index contributed by atoms with van der Waals surface area (Å²) in [5.74, 6) is 1.34. The van der Waals surface area contributed by atoms with Crippen LogP contribution in [0.3, 0.4) is 0 Å². The maximum Gasteiger partial charge on any atom is 0.267 e. The van der Waals surface area contributed by atoms with E-state index in [9.17, 15) is 4.79 Å². The average molecular weight is 561 g/mol. The van der Waals surface area contributed by atoms with Crippen LogP contribution in [0, 0.1) is 0 Å². The summed E-state index contributed by atoms with van der Waals surface area (Å²) in [5.41, 5.74) is 2.84. The molecule has 0 unspecified atom stereocenters. The van der Waals surface area contributed by atoms with Gasteiger partial charge in [-0.3, -0.25) is 14.3 Å². The number of thioether (sulfide) groups is 1. The molecule has 2 aromatic heterocycles. The molecule has 0 saturated carbocycles. The molecule has 1 aliphatic heterocycles. The average Bonchev–Trinajstić information content (AvgIpc) is 3.22. The summed E-state index contributed by atoms with van der Waals surface area (Å²) in [6.45, 7) is 8.78. The van der Waals surface area contributed by atoms with Gasteiger partial charge in [0, 0.05) is 39.8 Å². The molecule has 0 N–H and O–H groups in total. The predicted molar refractivity (Wildman–Crippen MR) is 152 cm³/mol. The summed E-state index contributed by atoms with van der Waals surface area (Å²) in [4.78, 5) is 23.6. The lowest BCUT2D eigenvalue weighted by molar-refractivity contribution is 0.206. The lowest BCUT2D eigenvalue weighted by Gasteiger charge is -2.30. The van der Waals surface area contributed by atoms with E-state index in [1.165, 1.54) is 16.6 Å². The zero-order valence-corrected chi connectivity index (χ0v) is 23.5. The molecular formula is C27H27Cl2N3O2S2. The largest absolute Gasteiger partial charge is 0.494 e. The Morgan fingerprint density at radius 2 is 1.94 bits per heavy atom. The molecule has 188 valence electrons. The second-order valence-electron chi connectivity index (χ2n) is 8.98. The molecule has 5 rings (SSSR count). The molecule has 0 amide bonds. The van der Waals surface area contributed by atoms with Crippen LogP contribution in [0.15, 0.2) is 52.4 Å². The molecule has 0 radical (unpaired) electrons. The van der Waals surface area contributed by atoms with Crippen LogP contribution in [0.25, 0.3) is 15.9 Å². The molecule has 0 atom stereocenters. The van der Waals surface area contributed by atoms with Crippen LogP contribution in [-0.4, -0.2) is 33.6 Å². The van der Waals surface area contributed by atoms with Crippen LogP contribution in [-0.2, 0) is 18.7 Å². The van der Waals surface area contributed by atoms with E-state index in [-0.39, 0.29) is 5.56 Å². The maximum atomic E-state index is 14.1. The molecule has 0 bridgehead atoms. The molecule has 0 fully saturated rings. The van der Waals surface area contributed by atoms with E-state index in [0.717, 1.165) is 52.3 Å². The number of fused-ring (bicyclic) bond motifs is 3. The molecule has 0 saturated heterocycles. The summed E-state index contributed by atoms with van der Waals surface area (Å²) in [7, 11) is 0. The van der Waals surface area contributed by atoms with E-state index >= 15 is 0 Å². The Labute approximate surface area is 229 Å². The second kappa shape index (κ2) is 10.8. The van der Waals surface area contributed by atoms with Crippen molar-refractivity contribution in [2.75, 3.05) is 13.2 Å². The smallest absolute Gasteiger partial charge is 0.267 e. The van der Waals surface area contributed by atoms with Gasteiger partial charge in [-0.2, -0.15) is 0 Å². The SMILES string of the molecule is CCOc1ccc(-n2c(SCc3ccc(Cl)cc3Cl)nc3sc4c(c3c2=O)CCN(C(C)C)C4)cc1. The quantitative estimate of drug-likeness (QED) is 0.177. The first-order chi connectivity index (χ1) is 17.4. The van der Waals surface area contributed by atoms with Gasteiger partial charge >= 0.3 is 0 Å². The van der Waals surface area contributed by atoms with E-state index < -0.39 is 0 Å². The normalized spacial score (nSPS) is 13.9. The monoisotopic (exact) mass is 559 g/mol. The molecule has 36 heavy (non-hydrogen) atoms. The molecule has 1 aliphatic rings. The zero-order valence-electron chi connectivity index (χ0n) is 20.4. The molecule has 2 aromatic carbocycles. The third-order valence-electron chi connectivity index (χ3n) is 6.38. The van der Waals surface area contributed by atoms with E-state index in [0.29, 0.717) is 33.6 Å². The number of rotatable bonds is 7. The zero-order chi connectivity index (χ0) is 25.4. The van der Waals surface area contributed by atoms with Crippen molar-refractivity contribution in [2.24, 2.45) is 0 Å². The molecule has 4 aromatic rings. The lowest BCUT2D eigenvalue weighted by atomic mass is 10.0. The van der Waals surface area contributed by atoms with Crippen molar-refractivity contribution >= 4 is 56.5 Å². The highest BCUT2D eigenvalue weighted by Crippen LogP contribution is 2.36. The molecule has 9 heteroatoms. The van der Waals surface area contributed by atoms with Crippen molar-refractivity contribution in [2.45, 2.75) is 50.7 Å². The van der Waals surface area contributed by atoms with Gasteiger partial charge in [0.25, 0.3) is 5.56 Å². The van der Waals surface area contributed by atoms with E-state index in [2.05, 4.69) is 18.7 Å². The molecule has 5 nitrogen and oxygen atoms in total. The van der Waals surface area contributed by atoms with Crippen LogP contribution in [0.5, 0.6) is 5.75 Å². The Bertz CT molecular complexity index is 1460. The fraction of sp³-hybridized carbons (Fsp3) is 0.333. The number of nitrogens with zero attached hydrogens (tertiary/aromatic N) is 3.